The monoisotopic (exact) mass is 321 g/mol. The maximum Gasteiger partial charge on any atom is 0.0669 e. The first-order valence-corrected chi connectivity index (χ1v) is 7.22. The lowest BCUT2D eigenvalue weighted by atomic mass is 9.97. The van der Waals surface area contributed by atoms with Gasteiger partial charge in [-0.15, -0.1) is 0 Å². The standard InChI is InChI=1S/C18H12BrN/c19-16-9-8-14-2-1-3-17(18(14)12-16)15-6-4-13(5-7-15)10-11-20/h1-9,12H,10H2. The third-order valence-corrected chi connectivity index (χ3v) is 3.89. The first-order chi connectivity index (χ1) is 9.78. The van der Waals surface area contributed by atoms with Gasteiger partial charge in [-0.05, 0) is 39.6 Å². The number of nitrogens with zero attached hydrogens (tertiary/aromatic N) is 1. The SMILES string of the molecule is N#CCc1ccc(-c2cccc3ccc(Br)cc23)cc1. The zero-order valence-corrected chi connectivity index (χ0v) is 12.4. The van der Waals surface area contributed by atoms with Crippen molar-refractivity contribution in [3.05, 3.63) is 70.7 Å². The van der Waals surface area contributed by atoms with Crippen LogP contribution in [-0.4, -0.2) is 0 Å². The molecule has 0 aliphatic carbocycles. The normalized spacial score (nSPS) is 10.4. The van der Waals surface area contributed by atoms with Gasteiger partial charge >= 0.3 is 0 Å². The molecule has 0 fully saturated rings. The van der Waals surface area contributed by atoms with Crippen LogP contribution in [0.15, 0.2) is 65.1 Å². The van der Waals surface area contributed by atoms with Crippen LogP contribution in [0.5, 0.6) is 0 Å². The molecule has 0 radical (unpaired) electrons. The maximum atomic E-state index is 8.72. The maximum absolute atomic E-state index is 8.72. The first kappa shape index (κ1) is 12.9. The molecule has 0 aromatic heterocycles. The van der Waals surface area contributed by atoms with Gasteiger partial charge < -0.3 is 0 Å². The van der Waals surface area contributed by atoms with Crippen molar-refractivity contribution in [3.63, 3.8) is 0 Å². The number of benzene rings is 3. The van der Waals surface area contributed by atoms with Crippen molar-refractivity contribution in [2.75, 3.05) is 0 Å². The molecule has 0 N–H and O–H groups in total. The summed E-state index contributed by atoms with van der Waals surface area (Å²) < 4.78 is 1.08. The molecule has 3 aromatic carbocycles. The summed E-state index contributed by atoms with van der Waals surface area (Å²) in [5, 5.41) is 11.2. The molecule has 0 saturated heterocycles. The quantitative estimate of drug-likeness (QED) is 0.625. The Bertz CT molecular complexity index is 798. The summed E-state index contributed by atoms with van der Waals surface area (Å²) in [4.78, 5) is 0. The predicted octanol–water partition coefficient (Wildman–Crippen LogP) is 5.34. The lowest BCUT2D eigenvalue weighted by Gasteiger charge is -2.08. The van der Waals surface area contributed by atoms with Gasteiger partial charge in [-0.1, -0.05) is 64.5 Å². The van der Waals surface area contributed by atoms with Crippen LogP contribution >= 0.6 is 15.9 Å². The van der Waals surface area contributed by atoms with Gasteiger partial charge in [0.05, 0.1) is 12.5 Å². The van der Waals surface area contributed by atoms with Crippen LogP contribution in [0.2, 0.25) is 0 Å². The van der Waals surface area contributed by atoms with Crippen molar-refractivity contribution in [2.24, 2.45) is 0 Å². The van der Waals surface area contributed by atoms with E-state index in [-0.39, 0.29) is 0 Å². The number of nitriles is 1. The van der Waals surface area contributed by atoms with Crippen LogP contribution in [0.1, 0.15) is 5.56 Å². The predicted molar refractivity (Wildman–Crippen MR) is 86.4 cm³/mol. The van der Waals surface area contributed by atoms with Gasteiger partial charge in [-0.3, -0.25) is 0 Å². The smallest absolute Gasteiger partial charge is 0.0669 e. The second-order valence-corrected chi connectivity index (χ2v) is 5.62. The topological polar surface area (TPSA) is 23.8 Å². The molecule has 0 bridgehead atoms. The molecule has 2 heteroatoms. The minimum Gasteiger partial charge on any atom is -0.198 e. The number of rotatable bonds is 2. The number of hydrogen-bond acceptors (Lipinski definition) is 1. The number of fused-ring (bicyclic) bond motifs is 1. The van der Waals surface area contributed by atoms with Crippen LogP contribution in [0.3, 0.4) is 0 Å². The molecule has 96 valence electrons. The van der Waals surface area contributed by atoms with Crippen molar-refractivity contribution in [1.29, 1.82) is 5.26 Å². The van der Waals surface area contributed by atoms with Gasteiger partial charge in [-0.2, -0.15) is 5.26 Å². The van der Waals surface area contributed by atoms with Crippen molar-refractivity contribution in [1.82, 2.24) is 0 Å². The highest BCUT2D eigenvalue weighted by molar-refractivity contribution is 9.10. The molecular formula is C18H12BrN. The van der Waals surface area contributed by atoms with E-state index in [1.807, 2.05) is 12.1 Å². The molecule has 0 unspecified atom stereocenters. The molecule has 3 rings (SSSR count). The van der Waals surface area contributed by atoms with E-state index in [1.165, 1.54) is 21.9 Å². The largest absolute Gasteiger partial charge is 0.198 e. The fourth-order valence-corrected chi connectivity index (χ4v) is 2.75. The molecule has 20 heavy (non-hydrogen) atoms. The highest BCUT2D eigenvalue weighted by atomic mass is 79.9. The Labute approximate surface area is 126 Å². The average Bonchev–Trinajstić information content (AvgIpc) is 2.48. The minimum atomic E-state index is 0.460. The Kier molecular flexibility index (Phi) is 3.54. The first-order valence-electron chi connectivity index (χ1n) is 6.42. The van der Waals surface area contributed by atoms with Gasteiger partial charge in [0.2, 0.25) is 0 Å². The Morgan fingerprint density at radius 3 is 2.50 bits per heavy atom. The van der Waals surface area contributed by atoms with Crippen molar-refractivity contribution in [3.8, 4) is 17.2 Å². The van der Waals surface area contributed by atoms with Crippen LogP contribution < -0.4 is 0 Å². The molecule has 0 saturated carbocycles. The van der Waals surface area contributed by atoms with E-state index in [4.69, 9.17) is 5.26 Å². The van der Waals surface area contributed by atoms with E-state index in [0.29, 0.717) is 6.42 Å². The number of hydrogen-bond donors (Lipinski definition) is 0. The van der Waals surface area contributed by atoms with E-state index in [1.54, 1.807) is 0 Å². The Hall–Kier alpha value is -2.11. The Morgan fingerprint density at radius 1 is 0.950 bits per heavy atom. The second kappa shape index (κ2) is 5.48. The van der Waals surface area contributed by atoms with Crippen LogP contribution in [0, 0.1) is 11.3 Å². The van der Waals surface area contributed by atoms with Crippen LogP contribution in [0.4, 0.5) is 0 Å². The molecule has 0 spiro atoms. The minimum absolute atomic E-state index is 0.460. The van der Waals surface area contributed by atoms with Crippen LogP contribution in [-0.2, 0) is 6.42 Å². The second-order valence-electron chi connectivity index (χ2n) is 4.70. The van der Waals surface area contributed by atoms with Crippen LogP contribution in [0.25, 0.3) is 21.9 Å². The summed E-state index contributed by atoms with van der Waals surface area (Å²) in [7, 11) is 0. The van der Waals surface area contributed by atoms with Crippen molar-refractivity contribution in [2.45, 2.75) is 6.42 Å². The zero-order valence-electron chi connectivity index (χ0n) is 10.8. The summed E-state index contributed by atoms with van der Waals surface area (Å²) in [6.07, 6.45) is 0.460. The summed E-state index contributed by atoms with van der Waals surface area (Å²) in [6, 6.07) is 23.0. The van der Waals surface area contributed by atoms with Crippen molar-refractivity contribution >= 4 is 26.7 Å². The zero-order chi connectivity index (χ0) is 13.9. The van der Waals surface area contributed by atoms with Gasteiger partial charge in [0.25, 0.3) is 0 Å². The van der Waals surface area contributed by atoms with Gasteiger partial charge in [0, 0.05) is 4.47 Å². The highest BCUT2D eigenvalue weighted by Crippen LogP contribution is 2.30. The molecule has 0 aliphatic rings. The third kappa shape index (κ3) is 2.45. The summed E-state index contributed by atoms with van der Waals surface area (Å²) >= 11 is 3.54. The molecule has 0 amide bonds. The fourth-order valence-electron chi connectivity index (χ4n) is 2.39. The fraction of sp³-hybridized carbons (Fsp3) is 0.0556. The van der Waals surface area contributed by atoms with E-state index in [0.717, 1.165) is 10.0 Å². The molecule has 0 aliphatic heterocycles. The Balaban J connectivity index is 2.14. The summed E-state index contributed by atoms with van der Waals surface area (Å²) in [5.74, 6) is 0. The van der Waals surface area contributed by atoms with Gasteiger partial charge in [0.1, 0.15) is 0 Å². The third-order valence-electron chi connectivity index (χ3n) is 3.39. The molecule has 0 atom stereocenters. The highest BCUT2D eigenvalue weighted by Gasteiger charge is 2.04. The van der Waals surface area contributed by atoms with E-state index in [9.17, 15) is 0 Å². The molecule has 3 aromatic rings. The lowest BCUT2D eigenvalue weighted by molar-refractivity contribution is 1.26. The lowest BCUT2D eigenvalue weighted by Crippen LogP contribution is -1.84. The molecule has 0 heterocycles. The van der Waals surface area contributed by atoms with E-state index >= 15 is 0 Å². The molecule has 1 nitrogen and oxygen atoms in total. The van der Waals surface area contributed by atoms with E-state index < -0.39 is 0 Å². The van der Waals surface area contributed by atoms with Gasteiger partial charge in [0.15, 0.2) is 0 Å². The van der Waals surface area contributed by atoms with Crippen molar-refractivity contribution < 1.29 is 0 Å². The average molecular weight is 322 g/mol. The van der Waals surface area contributed by atoms with Gasteiger partial charge in [-0.25, -0.2) is 0 Å². The summed E-state index contributed by atoms with van der Waals surface area (Å²) in [5.41, 5.74) is 3.44. The van der Waals surface area contributed by atoms with E-state index in [2.05, 4.69) is 70.5 Å². The number of halogens is 1. The Morgan fingerprint density at radius 2 is 1.75 bits per heavy atom. The summed E-state index contributed by atoms with van der Waals surface area (Å²) in [6.45, 7) is 0. The molecular weight excluding hydrogens is 310 g/mol.